The Morgan fingerprint density at radius 3 is 1.75 bits per heavy atom. The Kier molecular flexibility index (Phi) is 4.70. The van der Waals surface area contributed by atoms with Crippen LogP contribution in [0.15, 0.2) is 0 Å². The van der Waals surface area contributed by atoms with Crippen LogP contribution in [0, 0.1) is 16.7 Å². The lowest BCUT2D eigenvalue weighted by Crippen LogP contribution is -2.52. The van der Waals surface area contributed by atoms with Crippen molar-refractivity contribution in [3.8, 4) is 0 Å². The molecule has 2 saturated carbocycles. The maximum atomic E-state index is 6.18. The summed E-state index contributed by atoms with van der Waals surface area (Å²) in [4.78, 5) is 0. The van der Waals surface area contributed by atoms with Crippen LogP contribution in [0.3, 0.4) is 0 Å². The van der Waals surface area contributed by atoms with Gasteiger partial charge in [-0.2, -0.15) is 0 Å². The zero-order chi connectivity index (χ0) is 15.0. The second-order valence-corrected chi connectivity index (χ2v) is 9.96. The maximum Gasteiger partial charge on any atom is 0.504 e. The first-order valence-electron chi connectivity index (χ1n) is 8.28. The van der Waals surface area contributed by atoms with Gasteiger partial charge in [0.1, 0.15) is 0 Å². The fraction of sp³-hybridized carbons (Fsp3) is 1.00. The van der Waals surface area contributed by atoms with Crippen molar-refractivity contribution in [1.82, 2.24) is 0 Å². The predicted molar refractivity (Wildman–Crippen MR) is 83.6 cm³/mol. The molecule has 0 spiro atoms. The molecule has 2 aliphatic carbocycles. The fourth-order valence-corrected chi connectivity index (χ4v) is 8.60. The van der Waals surface area contributed by atoms with Crippen molar-refractivity contribution < 1.29 is 13.3 Å². The molecule has 3 nitrogen and oxygen atoms in total. The van der Waals surface area contributed by atoms with Gasteiger partial charge in [-0.3, -0.25) is 0 Å². The van der Waals surface area contributed by atoms with Gasteiger partial charge in [-0.15, -0.1) is 0 Å². The van der Waals surface area contributed by atoms with E-state index in [1.165, 1.54) is 19.3 Å². The Morgan fingerprint density at radius 2 is 1.45 bits per heavy atom. The van der Waals surface area contributed by atoms with Gasteiger partial charge in [0.2, 0.25) is 0 Å². The Bertz CT molecular complexity index is 325. The molecule has 3 unspecified atom stereocenters. The molecule has 2 rings (SSSR count). The van der Waals surface area contributed by atoms with Crippen LogP contribution in [-0.4, -0.2) is 28.6 Å². The average Bonchev–Trinajstić information content (AvgIpc) is 2.72. The molecule has 0 aliphatic heterocycles. The van der Waals surface area contributed by atoms with Gasteiger partial charge in [-0.25, -0.2) is 0 Å². The van der Waals surface area contributed by atoms with Gasteiger partial charge in [0, 0.05) is 25.4 Å². The van der Waals surface area contributed by atoms with Gasteiger partial charge in [-0.1, -0.05) is 20.8 Å². The van der Waals surface area contributed by atoms with Crippen LogP contribution < -0.4 is 0 Å². The molecule has 2 fully saturated rings. The molecule has 3 atom stereocenters. The molecule has 0 radical (unpaired) electrons. The summed E-state index contributed by atoms with van der Waals surface area (Å²) in [5.41, 5.74) is 1.28. The highest BCUT2D eigenvalue weighted by molar-refractivity contribution is 6.62. The number of hydrogen-bond acceptors (Lipinski definition) is 3. The molecular weight excluding hydrogens is 268 g/mol. The summed E-state index contributed by atoms with van der Waals surface area (Å²) in [5.74, 6) is 0.684. The molecule has 0 aromatic carbocycles. The molecule has 2 aliphatic rings. The second kappa shape index (κ2) is 5.71. The van der Waals surface area contributed by atoms with Crippen LogP contribution >= 0.6 is 0 Å². The van der Waals surface area contributed by atoms with E-state index in [9.17, 15) is 0 Å². The number of hydrogen-bond donors (Lipinski definition) is 0. The van der Waals surface area contributed by atoms with Gasteiger partial charge in [0.25, 0.3) is 0 Å². The minimum atomic E-state index is -2.55. The van der Waals surface area contributed by atoms with E-state index in [1.807, 2.05) is 0 Å². The molecule has 118 valence electrons. The molecule has 0 amide bonds. The van der Waals surface area contributed by atoms with Crippen molar-refractivity contribution >= 4 is 8.80 Å². The SMILES string of the molecule is CCO[Si](OCC)(OCC)C1CC2(C)CCC1C2(C)C. The Labute approximate surface area is 125 Å². The molecule has 0 aromatic heterocycles. The third kappa shape index (κ3) is 2.29. The minimum Gasteiger partial charge on any atom is -0.374 e. The molecule has 20 heavy (non-hydrogen) atoms. The van der Waals surface area contributed by atoms with E-state index in [2.05, 4.69) is 41.5 Å². The normalized spacial score (nSPS) is 35.7. The summed E-state index contributed by atoms with van der Waals surface area (Å²) in [6, 6.07) is 0. The minimum absolute atomic E-state index is 0.376. The van der Waals surface area contributed by atoms with E-state index >= 15 is 0 Å². The zero-order valence-electron chi connectivity index (χ0n) is 14.1. The van der Waals surface area contributed by atoms with Crippen LogP contribution in [0.1, 0.15) is 60.8 Å². The smallest absolute Gasteiger partial charge is 0.374 e. The van der Waals surface area contributed by atoms with Crippen molar-refractivity contribution in [3.05, 3.63) is 0 Å². The molecule has 0 aromatic rings. The van der Waals surface area contributed by atoms with Gasteiger partial charge >= 0.3 is 8.80 Å². The van der Waals surface area contributed by atoms with Crippen LogP contribution in [0.25, 0.3) is 0 Å². The van der Waals surface area contributed by atoms with Crippen molar-refractivity contribution in [3.63, 3.8) is 0 Å². The van der Waals surface area contributed by atoms with Crippen molar-refractivity contribution in [2.45, 2.75) is 66.3 Å². The van der Waals surface area contributed by atoms with E-state index < -0.39 is 8.80 Å². The monoisotopic (exact) mass is 300 g/mol. The Balaban J connectivity index is 2.31. The molecular formula is C16H32O3Si. The van der Waals surface area contributed by atoms with E-state index in [-0.39, 0.29) is 0 Å². The van der Waals surface area contributed by atoms with Gasteiger partial charge < -0.3 is 13.3 Å². The Hall–Kier alpha value is 0.0969. The molecule has 2 bridgehead atoms. The lowest BCUT2D eigenvalue weighted by atomic mass is 9.71. The fourth-order valence-electron chi connectivity index (χ4n) is 4.72. The standard InChI is InChI=1S/C16H32O3Si/c1-7-17-20(18-8-2,19-9-3)14-12-16(6)11-10-13(14)15(16,4)5/h13-14H,7-12H2,1-6H3. The first-order valence-corrected chi connectivity index (χ1v) is 10.1. The summed E-state index contributed by atoms with van der Waals surface area (Å²) in [5, 5.41) is 0. The topological polar surface area (TPSA) is 27.7 Å². The number of fused-ring (bicyclic) bond motifs is 2. The van der Waals surface area contributed by atoms with Crippen molar-refractivity contribution in [1.29, 1.82) is 0 Å². The highest BCUT2D eigenvalue weighted by atomic mass is 28.4. The van der Waals surface area contributed by atoms with Crippen LogP contribution in [0.2, 0.25) is 5.54 Å². The summed E-state index contributed by atoms with van der Waals surface area (Å²) >= 11 is 0. The van der Waals surface area contributed by atoms with Gasteiger partial charge in [0.15, 0.2) is 0 Å². The lowest BCUT2D eigenvalue weighted by molar-refractivity contribution is 0.0513. The van der Waals surface area contributed by atoms with E-state index in [0.29, 0.717) is 42.1 Å². The van der Waals surface area contributed by atoms with E-state index in [0.717, 1.165) is 0 Å². The van der Waals surface area contributed by atoms with E-state index in [1.54, 1.807) is 0 Å². The number of rotatable bonds is 7. The highest BCUT2D eigenvalue weighted by Gasteiger charge is 2.68. The first-order chi connectivity index (χ1) is 9.37. The van der Waals surface area contributed by atoms with E-state index in [4.69, 9.17) is 13.3 Å². The van der Waals surface area contributed by atoms with Gasteiger partial charge in [-0.05, 0) is 56.8 Å². The van der Waals surface area contributed by atoms with Crippen LogP contribution in [0.5, 0.6) is 0 Å². The average molecular weight is 301 g/mol. The van der Waals surface area contributed by atoms with Crippen LogP contribution in [0.4, 0.5) is 0 Å². The molecule has 0 heterocycles. The third-order valence-corrected chi connectivity index (χ3v) is 9.72. The first kappa shape index (κ1) is 16.5. The van der Waals surface area contributed by atoms with Crippen molar-refractivity contribution in [2.75, 3.05) is 19.8 Å². The maximum absolute atomic E-state index is 6.18. The molecule has 4 heteroatoms. The second-order valence-electron chi connectivity index (χ2n) is 7.14. The predicted octanol–water partition coefficient (Wildman–Crippen LogP) is 4.25. The summed E-state index contributed by atoms with van der Waals surface area (Å²) in [6.45, 7) is 15.6. The summed E-state index contributed by atoms with van der Waals surface area (Å²) in [6.07, 6.45) is 3.85. The van der Waals surface area contributed by atoms with Gasteiger partial charge in [0.05, 0.1) is 0 Å². The van der Waals surface area contributed by atoms with Crippen molar-refractivity contribution in [2.24, 2.45) is 16.7 Å². The highest BCUT2D eigenvalue weighted by Crippen LogP contribution is 2.71. The summed E-state index contributed by atoms with van der Waals surface area (Å²) in [7, 11) is -2.55. The molecule has 0 N–H and O–H groups in total. The lowest BCUT2D eigenvalue weighted by Gasteiger charge is -2.38. The zero-order valence-corrected chi connectivity index (χ0v) is 15.1. The quantitative estimate of drug-likeness (QED) is 0.658. The third-order valence-electron chi connectivity index (χ3n) is 6.14. The summed E-state index contributed by atoms with van der Waals surface area (Å²) < 4.78 is 18.5. The van der Waals surface area contributed by atoms with Crippen LogP contribution in [-0.2, 0) is 13.3 Å². The molecule has 0 saturated heterocycles. The largest absolute Gasteiger partial charge is 0.504 e. The Morgan fingerprint density at radius 1 is 0.950 bits per heavy atom.